The zero-order valence-electron chi connectivity index (χ0n) is 11.8. The third-order valence-electron chi connectivity index (χ3n) is 3.56. The molecule has 0 aromatic carbocycles. The molecule has 0 aliphatic carbocycles. The van der Waals surface area contributed by atoms with Crippen LogP contribution in [0.1, 0.15) is 27.2 Å². The predicted octanol–water partition coefficient (Wildman–Crippen LogP) is 2.51. The van der Waals surface area contributed by atoms with Crippen molar-refractivity contribution in [3.63, 3.8) is 0 Å². The predicted molar refractivity (Wildman–Crippen MR) is 82.0 cm³/mol. The van der Waals surface area contributed by atoms with Crippen LogP contribution in [0.15, 0.2) is 17.2 Å². The smallest absolute Gasteiger partial charge is 0.293 e. The van der Waals surface area contributed by atoms with Crippen molar-refractivity contribution in [3.05, 3.63) is 22.7 Å². The molecule has 2 rings (SSSR count). The van der Waals surface area contributed by atoms with Gasteiger partial charge in [-0.3, -0.25) is 4.79 Å². The van der Waals surface area contributed by atoms with E-state index < -0.39 is 0 Å². The first-order chi connectivity index (χ1) is 8.99. The maximum atomic E-state index is 12.4. The van der Waals surface area contributed by atoms with Gasteiger partial charge in [-0.25, -0.2) is 4.98 Å². The van der Waals surface area contributed by atoms with E-state index in [-0.39, 0.29) is 5.56 Å². The van der Waals surface area contributed by atoms with Crippen molar-refractivity contribution >= 4 is 21.7 Å². The number of aromatic nitrogens is 2. The molecule has 1 fully saturated rings. The van der Waals surface area contributed by atoms with Gasteiger partial charge in [0.05, 0.1) is 0 Å². The Hall–Kier alpha value is -0.840. The van der Waals surface area contributed by atoms with Crippen LogP contribution in [-0.4, -0.2) is 27.5 Å². The first kappa shape index (κ1) is 14.6. The Bertz CT molecular complexity index is 486. The van der Waals surface area contributed by atoms with E-state index in [1.165, 1.54) is 0 Å². The highest BCUT2D eigenvalue weighted by atomic mass is 79.9. The minimum absolute atomic E-state index is 0.0384. The lowest BCUT2D eigenvalue weighted by Crippen LogP contribution is -2.43. The topological polar surface area (TPSA) is 38.1 Å². The molecule has 0 saturated carbocycles. The maximum Gasteiger partial charge on any atom is 0.293 e. The van der Waals surface area contributed by atoms with Crippen LogP contribution < -0.4 is 10.5 Å². The van der Waals surface area contributed by atoms with Crippen LogP contribution in [0.2, 0.25) is 0 Å². The molecule has 1 aliphatic heterocycles. The number of hydrogen-bond acceptors (Lipinski definition) is 3. The second-order valence-corrected chi connectivity index (χ2v) is 7.01. The van der Waals surface area contributed by atoms with Crippen LogP contribution in [0.25, 0.3) is 0 Å². The molecular weight excluding hydrogens is 306 g/mol. The largest absolute Gasteiger partial charge is 0.352 e. The molecule has 19 heavy (non-hydrogen) atoms. The molecule has 2 unspecified atom stereocenters. The molecule has 1 aromatic heterocycles. The number of rotatable bonds is 3. The quantitative estimate of drug-likeness (QED) is 0.800. The van der Waals surface area contributed by atoms with E-state index in [1.54, 1.807) is 17.0 Å². The van der Waals surface area contributed by atoms with Crippen molar-refractivity contribution in [1.29, 1.82) is 0 Å². The summed E-state index contributed by atoms with van der Waals surface area (Å²) in [7, 11) is 0. The highest BCUT2D eigenvalue weighted by Crippen LogP contribution is 2.24. The number of nitrogens with zero attached hydrogens (tertiary/aromatic N) is 3. The zero-order chi connectivity index (χ0) is 14.0. The van der Waals surface area contributed by atoms with Gasteiger partial charge in [-0.2, -0.15) is 0 Å². The Kier molecular flexibility index (Phi) is 4.66. The molecule has 1 aliphatic rings. The lowest BCUT2D eigenvalue weighted by Gasteiger charge is -2.34. The summed E-state index contributed by atoms with van der Waals surface area (Å²) >= 11 is 3.69. The van der Waals surface area contributed by atoms with Gasteiger partial charge in [-0.15, -0.1) is 0 Å². The standard InChI is InChI=1S/C14H22BrN3O/c1-10(2)8-18-7-5-16-13(14(18)19)17-6-4-12(15)11(3)9-17/h5,7,10-12H,4,6,8-9H2,1-3H3. The van der Waals surface area contributed by atoms with E-state index >= 15 is 0 Å². The molecule has 5 heteroatoms. The molecule has 2 atom stereocenters. The van der Waals surface area contributed by atoms with Crippen LogP contribution in [0, 0.1) is 11.8 Å². The molecule has 0 radical (unpaired) electrons. The van der Waals surface area contributed by atoms with Crippen LogP contribution in [0.4, 0.5) is 5.82 Å². The fourth-order valence-electron chi connectivity index (χ4n) is 2.50. The van der Waals surface area contributed by atoms with Gasteiger partial charge in [0.1, 0.15) is 0 Å². The number of hydrogen-bond donors (Lipinski definition) is 0. The summed E-state index contributed by atoms with van der Waals surface area (Å²) < 4.78 is 1.78. The average molecular weight is 328 g/mol. The monoisotopic (exact) mass is 327 g/mol. The van der Waals surface area contributed by atoms with Crippen molar-refractivity contribution in [2.45, 2.75) is 38.6 Å². The van der Waals surface area contributed by atoms with Crippen LogP contribution >= 0.6 is 15.9 Å². The molecule has 0 bridgehead atoms. The number of piperidine rings is 1. The Morgan fingerprint density at radius 1 is 1.53 bits per heavy atom. The fraction of sp³-hybridized carbons (Fsp3) is 0.714. The van der Waals surface area contributed by atoms with Crippen LogP contribution in [0.3, 0.4) is 0 Å². The minimum atomic E-state index is 0.0384. The average Bonchev–Trinajstić information content (AvgIpc) is 2.35. The lowest BCUT2D eigenvalue weighted by atomic mass is 10.0. The maximum absolute atomic E-state index is 12.4. The van der Waals surface area contributed by atoms with Crippen molar-refractivity contribution in [1.82, 2.24) is 9.55 Å². The molecule has 2 heterocycles. The molecule has 0 spiro atoms. The number of anilines is 1. The van der Waals surface area contributed by atoms with Crippen LogP contribution in [-0.2, 0) is 6.54 Å². The van der Waals surface area contributed by atoms with E-state index in [2.05, 4.69) is 46.6 Å². The molecule has 1 saturated heterocycles. The lowest BCUT2D eigenvalue weighted by molar-refractivity contribution is 0.458. The summed E-state index contributed by atoms with van der Waals surface area (Å²) in [6, 6.07) is 0. The number of halogens is 1. The molecular formula is C14H22BrN3O. The van der Waals surface area contributed by atoms with Gasteiger partial charge < -0.3 is 9.47 Å². The van der Waals surface area contributed by atoms with Gasteiger partial charge in [0.25, 0.3) is 5.56 Å². The van der Waals surface area contributed by atoms with E-state index in [0.29, 0.717) is 22.5 Å². The Morgan fingerprint density at radius 3 is 2.89 bits per heavy atom. The Labute approximate surface area is 123 Å². The SMILES string of the molecule is CC(C)Cn1ccnc(N2CCC(Br)C(C)C2)c1=O. The summed E-state index contributed by atoms with van der Waals surface area (Å²) in [5.41, 5.74) is 0.0384. The van der Waals surface area contributed by atoms with Crippen LogP contribution in [0.5, 0.6) is 0 Å². The second kappa shape index (κ2) is 6.07. The normalized spacial score (nSPS) is 23.9. The van der Waals surface area contributed by atoms with Crippen molar-refractivity contribution in [2.75, 3.05) is 18.0 Å². The Balaban J connectivity index is 2.23. The summed E-state index contributed by atoms with van der Waals surface area (Å²) in [5.74, 6) is 1.60. The third kappa shape index (κ3) is 3.38. The summed E-state index contributed by atoms with van der Waals surface area (Å²) in [6.45, 7) is 8.98. The van der Waals surface area contributed by atoms with Gasteiger partial charge in [0, 0.05) is 36.9 Å². The highest BCUT2D eigenvalue weighted by Gasteiger charge is 2.26. The Morgan fingerprint density at radius 2 is 2.26 bits per heavy atom. The first-order valence-electron chi connectivity index (χ1n) is 6.93. The van der Waals surface area contributed by atoms with E-state index in [1.807, 2.05) is 0 Å². The highest BCUT2D eigenvalue weighted by molar-refractivity contribution is 9.09. The molecule has 4 nitrogen and oxygen atoms in total. The third-order valence-corrected chi connectivity index (χ3v) is 4.92. The molecule has 0 N–H and O–H groups in total. The number of alkyl halides is 1. The van der Waals surface area contributed by atoms with Gasteiger partial charge in [0.15, 0.2) is 5.82 Å². The molecule has 1 aromatic rings. The van der Waals surface area contributed by atoms with Gasteiger partial charge >= 0.3 is 0 Å². The second-order valence-electron chi connectivity index (χ2n) is 5.83. The van der Waals surface area contributed by atoms with Crippen molar-refractivity contribution < 1.29 is 0 Å². The summed E-state index contributed by atoms with van der Waals surface area (Å²) in [5, 5.41) is 0. The summed E-state index contributed by atoms with van der Waals surface area (Å²) in [4.78, 5) is 19.4. The van der Waals surface area contributed by atoms with Gasteiger partial charge in [-0.05, 0) is 18.3 Å². The summed E-state index contributed by atoms with van der Waals surface area (Å²) in [6.07, 6.45) is 4.58. The fourth-order valence-corrected chi connectivity index (χ4v) is 2.87. The van der Waals surface area contributed by atoms with Gasteiger partial charge in [-0.1, -0.05) is 36.7 Å². The van der Waals surface area contributed by atoms with Gasteiger partial charge in [0.2, 0.25) is 0 Å². The van der Waals surface area contributed by atoms with E-state index in [9.17, 15) is 4.79 Å². The van der Waals surface area contributed by atoms with E-state index in [0.717, 1.165) is 26.1 Å². The first-order valence-corrected chi connectivity index (χ1v) is 7.85. The van der Waals surface area contributed by atoms with Crippen molar-refractivity contribution in [2.24, 2.45) is 11.8 Å². The van der Waals surface area contributed by atoms with Crippen molar-refractivity contribution in [3.8, 4) is 0 Å². The molecule has 106 valence electrons. The minimum Gasteiger partial charge on any atom is -0.352 e. The van der Waals surface area contributed by atoms with E-state index in [4.69, 9.17) is 0 Å². The molecule has 0 amide bonds. The zero-order valence-corrected chi connectivity index (χ0v) is 13.4.